The van der Waals surface area contributed by atoms with E-state index in [2.05, 4.69) is 62.9 Å². The molecule has 0 saturated carbocycles. The van der Waals surface area contributed by atoms with E-state index in [1.54, 1.807) is 0 Å². The van der Waals surface area contributed by atoms with Crippen LogP contribution in [0, 0.1) is 6.92 Å². The zero-order valence-corrected chi connectivity index (χ0v) is 13.7. The van der Waals surface area contributed by atoms with E-state index in [1.807, 2.05) is 17.9 Å². The van der Waals surface area contributed by atoms with Crippen molar-refractivity contribution in [2.75, 3.05) is 0 Å². The van der Waals surface area contributed by atoms with Crippen LogP contribution in [0.1, 0.15) is 57.3 Å². The van der Waals surface area contributed by atoms with Gasteiger partial charge >= 0.3 is 0 Å². The summed E-state index contributed by atoms with van der Waals surface area (Å²) in [6.07, 6.45) is 2.76. The summed E-state index contributed by atoms with van der Waals surface area (Å²) in [6, 6.07) is 2.09. The van der Waals surface area contributed by atoms with Crippen LogP contribution in [-0.2, 0) is 24.3 Å². The van der Waals surface area contributed by atoms with Gasteiger partial charge in [0.15, 0.2) is 0 Å². The Hall–Kier alpha value is -1.58. The first-order valence-electron chi connectivity index (χ1n) is 7.16. The van der Waals surface area contributed by atoms with Gasteiger partial charge < -0.3 is 0 Å². The maximum Gasteiger partial charge on any atom is 0.0663 e. The average Bonchev–Trinajstić information content (AvgIpc) is 2.85. The van der Waals surface area contributed by atoms with Crippen LogP contribution in [0.5, 0.6) is 0 Å². The first kappa shape index (κ1) is 14.8. The summed E-state index contributed by atoms with van der Waals surface area (Å²) < 4.78 is 1.95. The van der Waals surface area contributed by atoms with Crippen molar-refractivity contribution in [3.8, 4) is 0 Å². The van der Waals surface area contributed by atoms with Gasteiger partial charge in [-0.05, 0) is 18.6 Å². The Morgan fingerprint density at radius 2 is 1.85 bits per heavy atom. The van der Waals surface area contributed by atoms with Crippen LogP contribution in [0.2, 0.25) is 0 Å². The fourth-order valence-electron chi connectivity index (χ4n) is 2.88. The molecule has 2 aromatic heterocycles. The van der Waals surface area contributed by atoms with E-state index in [0.717, 1.165) is 12.1 Å². The second-order valence-electron chi connectivity index (χ2n) is 7.32. The normalized spacial score (nSPS) is 12.9. The van der Waals surface area contributed by atoms with Crippen LogP contribution in [0.4, 0.5) is 0 Å². The topological polar surface area (TPSA) is 46.5 Å². The molecule has 0 aromatic carbocycles. The van der Waals surface area contributed by atoms with Gasteiger partial charge in [-0.3, -0.25) is 9.78 Å². The lowest BCUT2D eigenvalue weighted by atomic mass is 9.82. The molecule has 0 radical (unpaired) electrons. The van der Waals surface area contributed by atoms with Crippen molar-refractivity contribution >= 4 is 0 Å². The summed E-state index contributed by atoms with van der Waals surface area (Å²) in [5, 5.41) is 12.1. The molecule has 1 N–H and O–H groups in total. The van der Waals surface area contributed by atoms with Crippen LogP contribution >= 0.6 is 0 Å². The van der Waals surface area contributed by atoms with E-state index in [1.165, 1.54) is 17.0 Å². The molecule has 0 bridgehead atoms. The van der Waals surface area contributed by atoms with Gasteiger partial charge in [-0.15, -0.1) is 0 Å². The van der Waals surface area contributed by atoms with E-state index >= 15 is 0 Å². The van der Waals surface area contributed by atoms with Crippen molar-refractivity contribution < 1.29 is 0 Å². The monoisotopic (exact) mass is 274 g/mol. The van der Waals surface area contributed by atoms with Gasteiger partial charge in [0.2, 0.25) is 0 Å². The maximum atomic E-state index is 4.55. The van der Waals surface area contributed by atoms with Gasteiger partial charge in [-0.2, -0.15) is 10.2 Å². The van der Waals surface area contributed by atoms with Gasteiger partial charge in [0.05, 0.1) is 5.69 Å². The molecule has 4 heteroatoms. The Balaban J connectivity index is 2.31. The molecule has 20 heavy (non-hydrogen) atoms. The van der Waals surface area contributed by atoms with Crippen molar-refractivity contribution in [1.82, 2.24) is 20.0 Å². The third-order valence-electron chi connectivity index (χ3n) is 3.98. The second kappa shape index (κ2) is 4.76. The zero-order chi connectivity index (χ0) is 15.1. The molecule has 0 spiro atoms. The molecule has 4 nitrogen and oxygen atoms in total. The fourth-order valence-corrected chi connectivity index (χ4v) is 2.88. The Bertz CT molecular complexity index is 596. The first-order valence-corrected chi connectivity index (χ1v) is 7.16. The third-order valence-corrected chi connectivity index (χ3v) is 3.98. The highest BCUT2D eigenvalue weighted by atomic mass is 15.3. The van der Waals surface area contributed by atoms with Gasteiger partial charge in [0.25, 0.3) is 0 Å². The molecule has 0 aliphatic rings. The fraction of sp³-hybridized carbons (Fsp3) is 0.625. The number of nitrogens with zero attached hydrogens (tertiary/aromatic N) is 3. The Labute approximate surface area is 121 Å². The van der Waals surface area contributed by atoms with Crippen LogP contribution in [0.3, 0.4) is 0 Å². The summed E-state index contributed by atoms with van der Waals surface area (Å²) >= 11 is 0. The van der Waals surface area contributed by atoms with E-state index in [-0.39, 0.29) is 10.8 Å². The molecular weight excluding hydrogens is 248 g/mol. The first-order chi connectivity index (χ1) is 9.13. The molecule has 0 saturated heterocycles. The van der Waals surface area contributed by atoms with E-state index < -0.39 is 0 Å². The summed E-state index contributed by atoms with van der Waals surface area (Å²) in [4.78, 5) is 0. The minimum Gasteiger partial charge on any atom is -0.281 e. The molecule has 2 aromatic rings. The highest BCUT2D eigenvalue weighted by Crippen LogP contribution is 2.31. The van der Waals surface area contributed by atoms with Crippen LogP contribution in [-0.4, -0.2) is 20.0 Å². The molecule has 0 unspecified atom stereocenters. The predicted octanol–water partition coefficient (Wildman–Crippen LogP) is 3.27. The van der Waals surface area contributed by atoms with Crippen molar-refractivity contribution in [2.24, 2.45) is 7.05 Å². The Morgan fingerprint density at radius 1 is 1.20 bits per heavy atom. The van der Waals surface area contributed by atoms with E-state index in [4.69, 9.17) is 0 Å². The SMILES string of the molecule is Cc1c(CC(C)(C)c2ccnn2C)n[nH]c1C(C)(C)C. The lowest BCUT2D eigenvalue weighted by Gasteiger charge is -2.24. The molecule has 2 heterocycles. The lowest BCUT2D eigenvalue weighted by molar-refractivity contribution is 0.467. The van der Waals surface area contributed by atoms with Gasteiger partial charge in [0.1, 0.15) is 0 Å². The molecule has 110 valence electrons. The van der Waals surface area contributed by atoms with Crippen LogP contribution in [0.15, 0.2) is 12.3 Å². The molecule has 0 aliphatic carbocycles. The number of hydrogen-bond donors (Lipinski definition) is 1. The highest BCUT2D eigenvalue weighted by Gasteiger charge is 2.28. The van der Waals surface area contributed by atoms with E-state index in [0.29, 0.717) is 0 Å². The number of aryl methyl sites for hydroxylation is 1. The Kier molecular flexibility index (Phi) is 3.53. The van der Waals surface area contributed by atoms with Crippen molar-refractivity contribution in [1.29, 1.82) is 0 Å². The van der Waals surface area contributed by atoms with Crippen LogP contribution in [0.25, 0.3) is 0 Å². The molecule has 0 atom stereocenters. The summed E-state index contributed by atoms with van der Waals surface area (Å²) in [7, 11) is 2.00. The molecule has 2 rings (SSSR count). The number of aromatic nitrogens is 4. The Morgan fingerprint density at radius 3 is 2.30 bits per heavy atom. The smallest absolute Gasteiger partial charge is 0.0663 e. The standard InChI is InChI=1S/C16H26N4/c1-11-12(18-19-14(11)15(2,3)4)10-16(5,6)13-8-9-17-20(13)7/h8-9H,10H2,1-7H3,(H,18,19). The molecule has 0 fully saturated rings. The molecule has 0 amide bonds. The van der Waals surface area contributed by atoms with Crippen molar-refractivity contribution in [3.05, 3.63) is 34.9 Å². The number of nitrogens with one attached hydrogen (secondary N) is 1. The van der Waals surface area contributed by atoms with Crippen molar-refractivity contribution in [3.63, 3.8) is 0 Å². The maximum absolute atomic E-state index is 4.55. The largest absolute Gasteiger partial charge is 0.281 e. The average molecular weight is 274 g/mol. The minimum atomic E-state index is 0.0142. The van der Waals surface area contributed by atoms with E-state index in [9.17, 15) is 0 Å². The summed E-state index contributed by atoms with van der Waals surface area (Å²) in [5.74, 6) is 0. The number of rotatable bonds is 3. The van der Waals surface area contributed by atoms with Gasteiger partial charge in [-0.25, -0.2) is 0 Å². The third kappa shape index (κ3) is 2.65. The summed E-state index contributed by atoms with van der Waals surface area (Å²) in [6.45, 7) is 13.3. The minimum absolute atomic E-state index is 0.0142. The van der Waals surface area contributed by atoms with Gasteiger partial charge in [-0.1, -0.05) is 34.6 Å². The molecular formula is C16H26N4. The number of hydrogen-bond acceptors (Lipinski definition) is 2. The van der Waals surface area contributed by atoms with Crippen LogP contribution < -0.4 is 0 Å². The lowest BCUT2D eigenvalue weighted by Crippen LogP contribution is -2.24. The second-order valence-corrected chi connectivity index (χ2v) is 7.32. The zero-order valence-electron chi connectivity index (χ0n) is 13.7. The van der Waals surface area contributed by atoms with Crippen molar-refractivity contribution in [2.45, 2.75) is 58.8 Å². The molecule has 0 aliphatic heterocycles. The highest BCUT2D eigenvalue weighted by molar-refractivity contribution is 5.31. The number of H-pyrrole nitrogens is 1. The predicted molar refractivity (Wildman–Crippen MR) is 82.0 cm³/mol. The quantitative estimate of drug-likeness (QED) is 0.933. The number of aromatic amines is 1. The summed E-state index contributed by atoms with van der Waals surface area (Å²) in [5.41, 5.74) is 5.02. The van der Waals surface area contributed by atoms with Gasteiger partial charge in [0, 0.05) is 41.9 Å².